The fourth-order valence-electron chi connectivity index (χ4n) is 2.93. The van der Waals surface area contributed by atoms with E-state index in [1.807, 2.05) is 57.2 Å². The van der Waals surface area contributed by atoms with Crippen LogP contribution in [0.25, 0.3) is 0 Å². The van der Waals surface area contributed by atoms with Crippen LogP contribution in [0.4, 0.5) is 4.79 Å². The monoisotopic (exact) mass is 350 g/mol. The minimum absolute atomic E-state index is 0.360. The number of nitrogens with zero attached hydrogens (tertiary/aromatic N) is 2. The molecule has 0 saturated carbocycles. The molecule has 2 aromatic rings. The molecular weight excluding hydrogens is 328 g/mol. The van der Waals surface area contributed by atoms with Gasteiger partial charge in [-0.3, -0.25) is 4.90 Å². The predicted octanol–water partition coefficient (Wildman–Crippen LogP) is 4.08. The van der Waals surface area contributed by atoms with Gasteiger partial charge < -0.3 is 9.47 Å². The highest BCUT2D eigenvalue weighted by Gasteiger charge is 2.50. The average Bonchev–Trinajstić information content (AvgIpc) is 2.57. The maximum atomic E-state index is 12.3. The lowest BCUT2D eigenvalue weighted by Crippen LogP contribution is -2.64. The Hall–Kier alpha value is -3.00. The summed E-state index contributed by atoms with van der Waals surface area (Å²) in [6.45, 7) is 6.26. The second-order valence-corrected chi connectivity index (χ2v) is 7.41. The van der Waals surface area contributed by atoms with Crippen LogP contribution in [0.2, 0.25) is 0 Å². The molecular formula is C21H22N2O3. The fourth-order valence-corrected chi connectivity index (χ4v) is 2.93. The molecule has 5 heteroatoms. The molecule has 26 heavy (non-hydrogen) atoms. The van der Waals surface area contributed by atoms with Crippen LogP contribution in [-0.4, -0.2) is 29.7 Å². The Morgan fingerprint density at radius 3 is 2.31 bits per heavy atom. The van der Waals surface area contributed by atoms with Crippen molar-refractivity contribution in [3.63, 3.8) is 0 Å². The number of likely N-dealkylation sites (tertiary alicyclic amines) is 1. The van der Waals surface area contributed by atoms with E-state index in [1.54, 1.807) is 23.1 Å². The summed E-state index contributed by atoms with van der Waals surface area (Å²) in [5, 5.41) is 9.33. The standard InChI is InChI=1S/C21H22N2O3/c1-20(2,3)26-19(24)23-14-21(15-23,17-10-5-4-6-11-17)25-18-12-8-7-9-16(18)13-22/h4-12H,14-15H2,1-3H3. The topological polar surface area (TPSA) is 62.6 Å². The van der Waals surface area contributed by atoms with Crippen molar-refractivity contribution >= 4 is 6.09 Å². The van der Waals surface area contributed by atoms with Gasteiger partial charge in [0.25, 0.3) is 0 Å². The van der Waals surface area contributed by atoms with Gasteiger partial charge in [0.1, 0.15) is 17.4 Å². The van der Waals surface area contributed by atoms with Gasteiger partial charge in [0.2, 0.25) is 0 Å². The largest absolute Gasteiger partial charge is 0.477 e. The zero-order valence-electron chi connectivity index (χ0n) is 15.2. The van der Waals surface area contributed by atoms with Gasteiger partial charge in [-0.2, -0.15) is 5.26 Å². The summed E-state index contributed by atoms with van der Waals surface area (Å²) in [5.41, 5.74) is 0.202. The molecule has 1 heterocycles. The Balaban J connectivity index is 1.85. The van der Waals surface area contributed by atoms with Crippen LogP contribution < -0.4 is 4.74 Å². The number of benzene rings is 2. The Kier molecular flexibility index (Phi) is 4.60. The van der Waals surface area contributed by atoms with Crippen LogP contribution >= 0.6 is 0 Å². The third-order valence-electron chi connectivity index (χ3n) is 4.16. The van der Waals surface area contributed by atoms with Crippen LogP contribution in [0, 0.1) is 11.3 Å². The molecule has 0 N–H and O–H groups in total. The van der Waals surface area contributed by atoms with Crippen molar-refractivity contribution in [2.24, 2.45) is 0 Å². The van der Waals surface area contributed by atoms with Crippen LogP contribution in [0.5, 0.6) is 5.75 Å². The molecule has 1 aliphatic rings. The maximum absolute atomic E-state index is 12.3. The quantitative estimate of drug-likeness (QED) is 0.837. The molecule has 1 fully saturated rings. The molecule has 0 spiro atoms. The van der Waals surface area contributed by atoms with Crippen LogP contribution in [-0.2, 0) is 10.3 Å². The Labute approximate surface area is 153 Å². The van der Waals surface area contributed by atoms with Gasteiger partial charge in [0.05, 0.1) is 18.7 Å². The molecule has 0 radical (unpaired) electrons. The van der Waals surface area contributed by atoms with Crippen molar-refractivity contribution in [3.8, 4) is 11.8 Å². The van der Waals surface area contributed by atoms with Gasteiger partial charge in [0, 0.05) is 0 Å². The second kappa shape index (κ2) is 6.72. The molecule has 1 amide bonds. The van der Waals surface area contributed by atoms with E-state index in [0.29, 0.717) is 24.4 Å². The van der Waals surface area contributed by atoms with E-state index in [9.17, 15) is 10.1 Å². The molecule has 0 aromatic heterocycles. The zero-order chi connectivity index (χ0) is 18.8. The lowest BCUT2D eigenvalue weighted by molar-refractivity contribution is -0.0864. The van der Waals surface area contributed by atoms with Crippen molar-refractivity contribution in [1.29, 1.82) is 5.26 Å². The van der Waals surface area contributed by atoms with Crippen molar-refractivity contribution in [2.45, 2.75) is 32.0 Å². The van der Waals surface area contributed by atoms with Gasteiger partial charge >= 0.3 is 6.09 Å². The highest BCUT2D eigenvalue weighted by atomic mass is 16.6. The van der Waals surface area contributed by atoms with E-state index in [4.69, 9.17) is 9.47 Å². The lowest BCUT2D eigenvalue weighted by Gasteiger charge is -2.49. The van der Waals surface area contributed by atoms with E-state index in [1.165, 1.54) is 0 Å². The number of hydrogen-bond acceptors (Lipinski definition) is 4. The minimum Gasteiger partial charge on any atom is -0.477 e. The van der Waals surface area contributed by atoms with Crippen molar-refractivity contribution < 1.29 is 14.3 Å². The van der Waals surface area contributed by atoms with Gasteiger partial charge in [-0.15, -0.1) is 0 Å². The van der Waals surface area contributed by atoms with E-state index in [0.717, 1.165) is 5.56 Å². The smallest absolute Gasteiger partial charge is 0.410 e. The first kappa shape index (κ1) is 17.8. The van der Waals surface area contributed by atoms with Crippen LogP contribution in [0.3, 0.4) is 0 Å². The number of para-hydroxylation sites is 1. The summed E-state index contributed by atoms with van der Waals surface area (Å²) in [6.07, 6.45) is -0.360. The Morgan fingerprint density at radius 2 is 1.69 bits per heavy atom. The van der Waals surface area contributed by atoms with Crippen LogP contribution in [0.1, 0.15) is 31.9 Å². The number of amides is 1. The summed E-state index contributed by atoms with van der Waals surface area (Å²) in [6, 6.07) is 19.0. The second-order valence-electron chi connectivity index (χ2n) is 7.41. The van der Waals surface area contributed by atoms with Crippen molar-refractivity contribution in [2.75, 3.05) is 13.1 Å². The first-order valence-corrected chi connectivity index (χ1v) is 8.55. The van der Waals surface area contributed by atoms with Gasteiger partial charge in [-0.25, -0.2) is 4.79 Å². The Morgan fingerprint density at radius 1 is 1.08 bits per heavy atom. The third kappa shape index (κ3) is 3.65. The third-order valence-corrected chi connectivity index (χ3v) is 4.16. The molecule has 0 bridgehead atoms. The lowest BCUT2D eigenvalue weighted by atomic mass is 9.86. The maximum Gasteiger partial charge on any atom is 0.410 e. The van der Waals surface area contributed by atoms with E-state index in [-0.39, 0.29) is 6.09 Å². The van der Waals surface area contributed by atoms with Gasteiger partial charge in [-0.1, -0.05) is 42.5 Å². The molecule has 0 atom stereocenters. The van der Waals surface area contributed by atoms with E-state index >= 15 is 0 Å². The molecule has 0 aliphatic carbocycles. The molecule has 3 rings (SSSR count). The van der Waals surface area contributed by atoms with Crippen molar-refractivity contribution in [1.82, 2.24) is 4.90 Å². The van der Waals surface area contributed by atoms with Gasteiger partial charge in [-0.05, 0) is 38.5 Å². The molecule has 134 valence electrons. The number of hydrogen-bond donors (Lipinski definition) is 0. The Bertz CT molecular complexity index is 828. The summed E-state index contributed by atoms with van der Waals surface area (Å²) in [4.78, 5) is 13.9. The summed E-state index contributed by atoms with van der Waals surface area (Å²) in [5.74, 6) is 0.516. The highest BCUT2D eigenvalue weighted by Crippen LogP contribution is 2.38. The molecule has 1 saturated heterocycles. The summed E-state index contributed by atoms with van der Waals surface area (Å²) >= 11 is 0. The SMILES string of the molecule is CC(C)(C)OC(=O)N1CC(Oc2ccccc2C#N)(c2ccccc2)C1. The molecule has 1 aliphatic heterocycles. The summed E-state index contributed by atoms with van der Waals surface area (Å²) < 4.78 is 11.7. The number of ether oxygens (including phenoxy) is 2. The van der Waals surface area contributed by atoms with E-state index in [2.05, 4.69) is 6.07 Å². The van der Waals surface area contributed by atoms with Crippen molar-refractivity contribution in [3.05, 3.63) is 65.7 Å². The first-order chi connectivity index (χ1) is 12.3. The van der Waals surface area contributed by atoms with Crippen LogP contribution in [0.15, 0.2) is 54.6 Å². The number of carbonyl (C=O) groups excluding carboxylic acids is 1. The average molecular weight is 350 g/mol. The van der Waals surface area contributed by atoms with E-state index < -0.39 is 11.2 Å². The zero-order valence-corrected chi connectivity index (χ0v) is 15.2. The minimum atomic E-state index is -0.689. The normalized spacial score (nSPS) is 15.5. The predicted molar refractivity (Wildman–Crippen MR) is 97.7 cm³/mol. The fraction of sp³-hybridized carbons (Fsp3) is 0.333. The first-order valence-electron chi connectivity index (χ1n) is 8.55. The highest BCUT2D eigenvalue weighted by molar-refractivity contribution is 5.70. The number of nitriles is 1. The molecule has 2 aromatic carbocycles. The molecule has 0 unspecified atom stereocenters. The number of rotatable bonds is 3. The summed E-state index contributed by atoms with van der Waals surface area (Å²) in [7, 11) is 0. The molecule has 5 nitrogen and oxygen atoms in total. The number of carbonyl (C=O) groups is 1. The van der Waals surface area contributed by atoms with Gasteiger partial charge in [0.15, 0.2) is 5.60 Å².